The number of nitrogens with one attached hydrogen (secondary N) is 1. The molecule has 1 amide bonds. The van der Waals surface area contributed by atoms with Crippen LogP contribution in [-0.4, -0.2) is 27.1 Å². The Kier molecular flexibility index (Phi) is 5.01. The average molecular weight is 374 g/mol. The normalized spacial score (nSPS) is 14.0. The van der Waals surface area contributed by atoms with Gasteiger partial charge in [-0.1, -0.05) is 36.4 Å². The van der Waals surface area contributed by atoms with Crippen molar-refractivity contribution in [3.05, 3.63) is 82.2 Å². The molecule has 144 valence electrons. The minimum Gasteiger partial charge on any atom is -0.319 e. The smallest absolute Gasteiger partial charge is 0.255 e. The molecule has 1 N–H and O–H groups in total. The van der Waals surface area contributed by atoms with Crippen LogP contribution in [0.25, 0.3) is 0 Å². The third kappa shape index (κ3) is 3.71. The second kappa shape index (κ2) is 7.60. The lowest BCUT2D eigenvalue weighted by molar-refractivity contribution is 0.102. The number of rotatable bonds is 4. The Morgan fingerprint density at radius 1 is 1.11 bits per heavy atom. The summed E-state index contributed by atoms with van der Waals surface area (Å²) < 4.78 is 1.79. The maximum Gasteiger partial charge on any atom is 0.255 e. The van der Waals surface area contributed by atoms with E-state index in [1.807, 2.05) is 39.1 Å². The first kappa shape index (κ1) is 18.4. The van der Waals surface area contributed by atoms with E-state index in [4.69, 9.17) is 0 Å². The van der Waals surface area contributed by atoms with Crippen LogP contribution in [-0.2, 0) is 26.6 Å². The molecule has 4 rings (SSSR count). The second-order valence-electron chi connectivity index (χ2n) is 7.55. The van der Waals surface area contributed by atoms with E-state index in [-0.39, 0.29) is 5.91 Å². The quantitative estimate of drug-likeness (QED) is 0.755. The number of benzene rings is 2. The molecule has 0 atom stereocenters. The molecule has 3 aromatic rings. The Hall–Kier alpha value is -2.92. The zero-order chi connectivity index (χ0) is 19.7. The molecule has 5 heteroatoms. The predicted molar refractivity (Wildman–Crippen MR) is 111 cm³/mol. The van der Waals surface area contributed by atoms with E-state index >= 15 is 0 Å². The predicted octanol–water partition coefficient (Wildman–Crippen LogP) is 3.85. The summed E-state index contributed by atoms with van der Waals surface area (Å²) in [7, 11) is 1.88. The van der Waals surface area contributed by atoms with Crippen molar-refractivity contribution in [2.45, 2.75) is 33.4 Å². The van der Waals surface area contributed by atoms with Gasteiger partial charge in [0.05, 0.1) is 17.1 Å². The number of carbonyl (C=O) groups is 1. The Labute approximate surface area is 166 Å². The van der Waals surface area contributed by atoms with Crippen molar-refractivity contribution in [3.63, 3.8) is 0 Å². The van der Waals surface area contributed by atoms with Gasteiger partial charge in [0.1, 0.15) is 0 Å². The van der Waals surface area contributed by atoms with Crippen molar-refractivity contribution in [1.82, 2.24) is 14.7 Å². The third-order valence-corrected chi connectivity index (χ3v) is 5.55. The first-order chi connectivity index (χ1) is 13.5. The Bertz CT molecular complexity index is 1020. The summed E-state index contributed by atoms with van der Waals surface area (Å²) in [5.41, 5.74) is 7.28. The molecule has 1 aliphatic heterocycles. The van der Waals surface area contributed by atoms with Gasteiger partial charge in [0.2, 0.25) is 0 Å². The molecule has 0 saturated carbocycles. The summed E-state index contributed by atoms with van der Waals surface area (Å²) in [6.07, 6.45) is 1.08. The number of aryl methyl sites for hydroxylation is 2. The fraction of sp³-hybridized carbons (Fsp3) is 0.304. The Balaban J connectivity index is 1.47. The number of aromatic nitrogens is 2. The molecular weight excluding hydrogens is 348 g/mol. The number of hydrogen-bond acceptors (Lipinski definition) is 3. The largest absolute Gasteiger partial charge is 0.319 e. The molecule has 0 saturated heterocycles. The van der Waals surface area contributed by atoms with Gasteiger partial charge in [-0.3, -0.25) is 14.4 Å². The SMILES string of the molecule is Cc1nn(C)c(C)c1NC(=O)c1cccc(CN2CCc3ccccc3C2)c1. The zero-order valence-electron chi connectivity index (χ0n) is 16.7. The second-order valence-corrected chi connectivity index (χ2v) is 7.55. The van der Waals surface area contributed by atoms with Gasteiger partial charge in [-0.05, 0) is 49.1 Å². The van der Waals surface area contributed by atoms with Crippen LogP contribution in [0, 0.1) is 13.8 Å². The zero-order valence-corrected chi connectivity index (χ0v) is 16.7. The standard InChI is InChI=1S/C23H26N4O/c1-16-22(17(2)26(3)25-16)24-23(28)20-10-6-7-18(13-20)14-27-12-11-19-8-4-5-9-21(19)15-27/h4-10,13H,11-12,14-15H2,1-3H3,(H,24,28). The highest BCUT2D eigenvalue weighted by molar-refractivity contribution is 6.05. The summed E-state index contributed by atoms with van der Waals surface area (Å²) >= 11 is 0. The highest BCUT2D eigenvalue weighted by atomic mass is 16.1. The van der Waals surface area contributed by atoms with Crippen LogP contribution in [0.15, 0.2) is 48.5 Å². The molecule has 0 spiro atoms. The van der Waals surface area contributed by atoms with E-state index in [0.717, 1.165) is 48.7 Å². The first-order valence-corrected chi connectivity index (χ1v) is 9.71. The van der Waals surface area contributed by atoms with Crippen molar-refractivity contribution < 1.29 is 4.79 Å². The molecule has 0 bridgehead atoms. The first-order valence-electron chi connectivity index (χ1n) is 9.71. The van der Waals surface area contributed by atoms with Gasteiger partial charge < -0.3 is 5.32 Å². The Morgan fingerprint density at radius 3 is 2.64 bits per heavy atom. The van der Waals surface area contributed by atoms with Crippen LogP contribution >= 0.6 is 0 Å². The number of hydrogen-bond donors (Lipinski definition) is 1. The van der Waals surface area contributed by atoms with Gasteiger partial charge in [-0.25, -0.2) is 0 Å². The number of amides is 1. The van der Waals surface area contributed by atoms with E-state index in [9.17, 15) is 4.79 Å². The van der Waals surface area contributed by atoms with Crippen molar-refractivity contribution >= 4 is 11.6 Å². The molecule has 0 aliphatic carbocycles. The van der Waals surface area contributed by atoms with Crippen LogP contribution in [0.1, 0.15) is 38.4 Å². The average Bonchev–Trinajstić information content (AvgIpc) is 2.94. The molecule has 2 aromatic carbocycles. The minimum atomic E-state index is -0.0926. The molecule has 5 nitrogen and oxygen atoms in total. The van der Waals surface area contributed by atoms with Crippen molar-refractivity contribution in [1.29, 1.82) is 0 Å². The van der Waals surface area contributed by atoms with E-state index in [1.165, 1.54) is 11.1 Å². The lowest BCUT2D eigenvalue weighted by atomic mass is 9.99. The number of nitrogens with zero attached hydrogens (tertiary/aromatic N) is 3. The van der Waals surface area contributed by atoms with Gasteiger partial charge in [-0.2, -0.15) is 5.10 Å². The summed E-state index contributed by atoms with van der Waals surface area (Å²) in [6, 6.07) is 16.6. The monoisotopic (exact) mass is 374 g/mol. The molecule has 28 heavy (non-hydrogen) atoms. The summed E-state index contributed by atoms with van der Waals surface area (Å²) in [4.78, 5) is 15.2. The van der Waals surface area contributed by atoms with E-state index in [2.05, 4.69) is 45.6 Å². The fourth-order valence-corrected chi connectivity index (χ4v) is 3.90. The molecule has 0 radical (unpaired) electrons. The number of anilines is 1. The maximum absolute atomic E-state index is 12.8. The minimum absolute atomic E-state index is 0.0926. The molecule has 0 fully saturated rings. The van der Waals surface area contributed by atoms with Gasteiger partial charge in [0.15, 0.2) is 0 Å². The van der Waals surface area contributed by atoms with Crippen molar-refractivity contribution in [3.8, 4) is 0 Å². The fourth-order valence-electron chi connectivity index (χ4n) is 3.90. The van der Waals surface area contributed by atoms with Crippen LogP contribution in [0.2, 0.25) is 0 Å². The van der Waals surface area contributed by atoms with Crippen LogP contribution in [0.4, 0.5) is 5.69 Å². The third-order valence-electron chi connectivity index (χ3n) is 5.55. The number of fused-ring (bicyclic) bond motifs is 1. The van der Waals surface area contributed by atoms with Gasteiger partial charge in [0, 0.05) is 32.2 Å². The molecular formula is C23H26N4O. The maximum atomic E-state index is 12.8. The highest BCUT2D eigenvalue weighted by Crippen LogP contribution is 2.22. The van der Waals surface area contributed by atoms with Crippen LogP contribution in [0.5, 0.6) is 0 Å². The Morgan fingerprint density at radius 2 is 1.89 bits per heavy atom. The molecule has 0 unspecified atom stereocenters. The highest BCUT2D eigenvalue weighted by Gasteiger charge is 2.17. The van der Waals surface area contributed by atoms with E-state index in [1.54, 1.807) is 4.68 Å². The molecule has 1 aliphatic rings. The number of carbonyl (C=O) groups excluding carboxylic acids is 1. The van der Waals surface area contributed by atoms with Crippen molar-refractivity contribution in [2.75, 3.05) is 11.9 Å². The summed E-state index contributed by atoms with van der Waals surface area (Å²) in [5.74, 6) is -0.0926. The van der Waals surface area contributed by atoms with E-state index in [0.29, 0.717) is 5.56 Å². The van der Waals surface area contributed by atoms with Crippen molar-refractivity contribution in [2.24, 2.45) is 7.05 Å². The molecule has 2 heterocycles. The summed E-state index contributed by atoms with van der Waals surface area (Å²) in [6.45, 7) is 6.72. The van der Waals surface area contributed by atoms with Gasteiger partial charge >= 0.3 is 0 Å². The molecule has 1 aromatic heterocycles. The van der Waals surface area contributed by atoms with Crippen LogP contribution < -0.4 is 5.32 Å². The van der Waals surface area contributed by atoms with Gasteiger partial charge in [0.25, 0.3) is 5.91 Å². The lowest BCUT2D eigenvalue weighted by Gasteiger charge is -2.28. The van der Waals surface area contributed by atoms with Crippen LogP contribution in [0.3, 0.4) is 0 Å². The van der Waals surface area contributed by atoms with Gasteiger partial charge in [-0.15, -0.1) is 0 Å². The topological polar surface area (TPSA) is 50.2 Å². The lowest BCUT2D eigenvalue weighted by Crippen LogP contribution is -2.30. The summed E-state index contributed by atoms with van der Waals surface area (Å²) in [5, 5.41) is 7.39. The van der Waals surface area contributed by atoms with E-state index < -0.39 is 0 Å².